The average molecular weight is 299 g/mol. The third-order valence-electron chi connectivity index (χ3n) is 2.73. The van der Waals surface area contributed by atoms with Gasteiger partial charge in [-0.3, -0.25) is 5.41 Å². The molecule has 1 aliphatic heterocycles. The molecule has 0 amide bonds. The lowest BCUT2D eigenvalue weighted by molar-refractivity contribution is 0.479. The van der Waals surface area contributed by atoms with Gasteiger partial charge in [0.15, 0.2) is 0 Å². The van der Waals surface area contributed by atoms with E-state index in [1.807, 2.05) is 0 Å². The van der Waals surface area contributed by atoms with E-state index in [0.717, 1.165) is 25.9 Å². The summed E-state index contributed by atoms with van der Waals surface area (Å²) >= 11 is 3.12. The van der Waals surface area contributed by atoms with Crippen molar-refractivity contribution in [3.8, 4) is 0 Å². The summed E-state index contributed by atoms with van der Waals surface area (Å²) in [6.07, 6.45) is 3.64. The normalized spacial score (nSPS) is 19.9. The maximum Gasteiger partial charge on any atom is 0.141 e. The molecule has 2 heterocycles. The van der Waals surface area contributed by atoms with Gasteiger partial charge in [0.05, 0.1) is 5.56 Å². The van der Waals surface area contributed by atoms with Gasteiger partial charge in [0.2, 0.25) is 0 Å². The minimum absolute atomic E-state index is 0.196. The van der Waals surface area contributed by atoms with Crippen LogP contribution in [0.1, 0.15) is 18.4 Å². The fourth-order valence-electron chi connectivity index (χ4n) is 1.89. The van der Waals surface area contributed by atoms with Gasteiger partial charge in [0.25, 0.3) is 0 Å². The van der Waals surface area contributed by atoms with E-state index in [9.17, 15) is 0 Å². The largest absolute Gasteiger partial charge is 0.383 e. The number of hydrogen-bond acceptors (Lipinski definition) is 6. The highest BCUT2D eigenvalue weighted by molar-refractivity contribution is 9.18. The van der Waals surface area contributed by atoms with Crippen molar-refractivity contribution in [1.29, 1.82) is 5.41 Å². The SMILES string of the molecule is N=C(Br)c1c(N)ncnc1NC1CCCNC1. The van der Waals surface area contributed by atoms with Crippen molar-refractivity contribution in [1.82, 2.24) is 15.3 Å². The molecule has 92 valence electrons. The van der Waals surface area contributed by atoms with Crippen molar-refractivity contribution >= 4 is 32.2 Å². The molecule has 0 saturated carbocycles. The summed E-state index contributed by atoms with van der Waals surface area (Å²) in [5, 5.41) is 14.3. The highest BCUT2D eigenvalue weighted by atomic mass is 79.9. The molecule has 1 aliphatic rings. The van der Waals surface area contributed by atoms with Crippen LogP contribution in [-0.2, 0) is 0 Å². The molecule has 0 bridgehead atoms. The predicted molar refractivity (Wildman–Crippen MR) is 71.7 cm³/mol. The molecule has 17 heavy (non-hydrogen) atoms. The summed E-state index contributed by atoms with van der Waals surface area (Å²) in [4.78, 5) is 8.05. The molecule has 1 aromatic rings. The zero-order valence-corrected chi connectivity index (χ0v) is 10.9. The number of rotatable bonds is 3. The van der Waals surface area contributed by atoms with Crippen LogP contribution >= 0.6 is 15.9 Å². The zero-order valence-electron chi connectivity index (χ0n) is 9.33. The lowest BCUT2D eigenvalue weighted by Crippen LogP contribution is -2.39. The van der Waals surface area contributed by atoms with Crippen molar-refractivity contribution in [3.63, 3.8) is 0 Å². The molecular formula is C10H15BrN6. The summed E-state index contributed by atoms with van der Waals surface area (Å²) < 4.78 is 0.196. The molecule has 6 nitrogen and oxygen atoms in total. The molecule has 1 saturated heterocycles. The van der Waals surface area contributed by atoms with Crippen LogP contribution in [0.15, 0.2) is 6.33 Å². The van der Waals surface area contributed by atoms with Gasteiger partial charge in [-0.15, -0.1) is 0 Å². The van der Waals surface area contributed by atoms with Crippen LogP contribution in [0.3, 0.4) is 0 Å². The van der Waals surface area contributed by atoms with E-state index < -0.39 is 0 Å². The quantitative estimate of drug-likeness (QED) is 0.623. The van der Waals surface area contributed by atoms with Gasteiger partial charge in [0.1, 0.15) is 22.6 Å². The number of aromatic nitrogens is 2. The molecular weight excluding hydrogens is 284 g/mol. The molecule has 0 aliphatic carbocycles. The minimum Gasteiger partial charge on any atom is -0.383 e. The molecule has 2 rings (SSSR count). The van der Waals surface area contributed by atoms with Crippen molar-refractivity contribution in [3.05, 3.63) is 11.9 Å². The predicted octanol–water partition coefficient (Wildman–Crippen LogP) is 0.943. The highest BCUT2D eigenvalue weighted by Gasteiger charge is 2.17. The van der Waals surface area contributed by atoms with Crippen LogP contribution in [0.25, 0.3) is 0 Å². The molecule has 0 aromatic carbocycles. The van der Waals surface area contributed by atoms with Gasteiger partial charge in [-0.25, -0.2) is 9.97 Å². The number of nitrogens with zero attached hydrogens (tertiary/aromatic N) is 2. The van der Waals surface area contributed by atoms with Crippen LogP contribution < -0.4 is 16.4 Å². The highest BCUT2D eigenvalue weighted by Crippen LogP contribution is 2.21. The molecule has 1 atom stereocenters. The molecule has 7 heteroatoms. The molecule has 5 N–H and O–H groups in total. The lowest BCUT2D eigenvalue weighted by atomic mass is 10.1. The van der Waals surface area contributed by atoms with Crippen molar-refractivity contribution in [2.24, 2.45) is 0 Å². The number of hydrogen-bond donors (Lipinski definition) is 4. The number of nitrogen functional groups attached to an aromatic ring is 1. The number of piperidine rings is 1. The van der Waals surface area contributed by atoms with Crippen LogP contribution in [0.4, 0.5) is 11.6 Å². The van der Waals surface area contributed by atoms with E-state index in [1.165, 1.54) is 6.33 Å². The van der Waals surface area contributed by atoms with Crippen molar-refractivity contribution in [2.75, 3.05) is 24.1 Å². The summed E-state index contributed by atoms with van der Waals surface area (Å²) in [6, 6.07) is 0.323. The first-order valence-electron chi connectivity index (χ1n) is 5.50. The Bertz CT molecular complexity index is 415. The summed E-state index contributed by atoms with van der Waals surface area (Å²) in [7, 11) is 0. The monoisotopic (exact) mass is 298 g/mol. The van der Waals surface area contributed by atoms with Crippen LogP contribution in [0, 0.1) is 5.41 Å². The molecule has 1 unspecified atom stereocenters. The Morgan fingerprint density at radius 3 is 3.06 bits per heavy atom. The maximum absolute atomic E-state index is 7.64. The second kappa shape index (κ2) is 5.42. The minimum atomic E-state index is 0.196. The van der Waals surface area contributed by atoms with E-state index >= 15 is 0 Å². The van der Waals surface area contributed by atoms with Crippen LogP contribution in [-0.4, -0.2) is 33.7 Å². The van der Waals surface area contributed by atoms with Crippen molar-refractivity contribution < 1.29 is 0 Å². The maximum atomic E-state index is 7.64. The molecule has 0 spiro atoms. The van der Waals surface area contributed by atoms with E-state index in [-0.39, 0.29) is 4.62 Å². The Labute approximate surface area is 108 Å². The Morgan fingerprint density at radius 1 is 1.59 bits per heavy atom. The fourth-order valence-corrected chi connectivity index (χ4v) is 2.28. The number of halogens is 1. The third-order valence-corrected chi connectivity index (χ3v) is 3.13. The first-order valence-corrected chi connectivity index (χ1v) is 6.30. The third kappa shape index (κ3) is 2.92. The second-order valence-electron chi connectivity index (χ2n) is 3.98. The topological polar surface area (TPSA) is 99.7 Å². The molecule has 0 radical (unpaired) electrons. The van der Waals surface area contributed by atoms with Gasteiger partial charge in [0, 0.05) is 12.6 Å². The number of anilines is 2. The molecule has 1 fully saturated rings. The first kappa shape index (κ1) is 12.3. The van der Waals surface area contributed by atoms with Gasteiger partial charge in [-0.2, -0.15) is 0 Å². The Balaban J connectivity index is 2.19. The average Bonchev–Trinajstić information content (AvgIpc) is 2.30. The summed E-state index contributed by atoms with van der Waals surface area (Å²) in [5.74, 6) is 0.932. The standard InChI is InChI=1S/C10H15BrN6/c11-8(12)7-9(13)15-5-16-10(7)17-6-2-1-3-14-4-6/h5-6,12,14H,1-4H2,(H3,13,15,16,17). The van der Waals surface area contributed by atoms with Crippen LogP contribution in [0.5, 0.6) is 0 Å². The smallest absolute Gasteiger partial charge is 0.141 e. The lowest BCUT2D eigenvalue weighted by Gasteiger charge is -2.25. The zero-order chi connectivity index (χ0) is 12.3. The van der Waals surface area contributed by atoms with Crippen molar-refractivity contribution in [2.45, 2.75) is 18.9 Å². The number of nitrogens with one attached hydrogen (secondary N) is 3. The Morgan fingerprint density at radius 2 is 2.41 bits per heavy atom. The number of nitrogens with two attached hydrogens (primary N) is 1. The van der Waals surface area contributed by atoms with Gasteiger partial charge in [-0.1, -0.05) is 0 Å². The van der Waals surface area contributed by atoms with Crippen LogP contribution in [0.2, 0.25) is 0 Å². The van der Waals surface area contributed by atoms with Gasteiger partial charge < -0.3 is 16.4 Å². The fraction of sp³-hybridized carbons (Fsp3) is 0.500. The Hall–Kier alpha value is -1.21. The Kier molecular flexibility index (Phi) is 3.90. The van der Waals surface area contributed by atoms with E-state index in [1.54, 1.807) is 0 Å². The van der Waals surface area contributed by atoms with E-state index in [0.29, 0.717) is 23.2 Å². The van der Waals surface area contributed by atoms with Gasteiger partial charge >= 0.3 is 0 Å². The summed E-state index contributed by atoms with van der Waals surface area (Å²) in [6.45, 7) is 1.96. The van der Waals surface area contributed by atoms with E-state index in [2.05, 4.69) is 36.5 Å². The molecule has 1 aromatic heterocycles. The van der Waals surface area contributed by atoms with E-state index in [4.69, 9.17) is 11.1 Å². The summed E-state index contributed by atoms with van der Waals surface area (Å²) in [5.41, 5.74) is 6.28. The van der Waals surface area contributed by atoms with Gasteiger partial charge in [-0.05, 0) is 35.3 Å². The second-order valence-corrected chi connectivity index (χ2v) is 4.78. The first-order chi connectivity index (χ1) is 8.18.